The van der Waals surface area contributed by atoms with E-state index in [-0.39, 0.29) is 24.6 Å². The molecule has 0 saturated carbocycles. The Hall–Kier alpha value is -4.21. The third-order valence-corrected chi connectivity index (χ3v) is 7.09. The van der Waals surface area contributed by atoms with E-state index in [1.165, 1.54) is 11.8 Å². The highest BCUT2D eigenvalue weighted by Crippen LogP contribution is 2.40. The van der Waals surface area contributed by atoms with Crippen molar-refractivity contribution in [3.8, 4) is 23.0 Å². The van der Waals surface area contributed by atoms with Crippen LogP contribution in [0.1, 0.15) is 18.1 Å². The average Bonchev–Trinajstić information content (AvgIpc) is 3.39. The van der Waals surface area contributed by atoms with Gasteiger partial charge in [0.05, 0.1) is 30.0 Å². The van der Waals surface area contributed by atoms with Gasteiger partial charge in [-0.2, -0.15) is 4.99 Å². The molecular formula is C30H26ClN3O5S. The fraction of sp³-hybridized carbons (Fsp3) is 0.167. The van der Waals surface area contributed by atoms with E-state index in [2.05, 4.69) is 4.99 Å². The maximum absolute atomic E-state index is 12.9. The number of benzene rings is 3. The number of ether oxygens (including phenoxy) is 4. The number of amidine groups is 2. The SMILES string of the molecule is CCOc1cc(/C=C2/C(=N)N3C(c4ccccc4)=CSC3=NC2=O)cc(Cl)c1OCCOc1ccccc1OC. The molecule has 0 bridgehead atoms. The number of fused-ring (bicyclic) bond motifs is 1. The van der Waals surface area contributed by atoms with E-state index in [1.54, 1.807) is 30.2 Å². The normalized spacial score (nSPS) is 15.5. The molecule has 2 aliphatic heterocycles. The van der Waals surface area contributed by atoms with Crippen molar-refractivity contribution >= 4 is 52.0 Å². The monoisotopic (exact) mass is 575 g/mol. The van der Waals surface area contributed by atoms with Crippen LogP contribution in [0.5, 0.6) is 23.0 Å². The van der Waals surface area contributed by atoms with Crippen LogP contribution < -0.4 is 18.9 Å². The summed E-state index contributed by atoms with van der Waals surface area (Å²) in [7, 11) is 1.58. The maximum atomic E-state index is 12.9. The van der Waals surface area contributed by atoms with Crippen LogP contribution in [0.25, 0.3) is 11.8 Å². The Labute approximate surface area is 241 Å². The van der Waals surface area contributed by atoms with Crippen LogP contribution in [0, 0.1) is 5.41 Å². The number of amides is 1. The van der Waals surface area contributed by atoms with Gasteiger partial charge in [0.15, 0.2) is 28.2 Å². The predicted octanol–water partition coefficient (Wildman–Crippen LogP) is 6.51. The Morgan fingerprint density at radius 2 is 1.70 bits per heavy atom. The summed E-state index contributed by atoms with van der Waals surface area (Å²) in [5.41, 5.74) is 2.44. The largest absolute Gasteiger partial charge is 0.493 e. The highest BCUT2D eigenvalue weighted by Gasteiger charge is 2.36. The van der Waals surface area contributed by atoms with E-state index in [4.69, 9.17) is 36.0 Å². The van der Waals surface area contributed by atoms with Crippen molar-refractivity contribution in [2.24, 2.45) is 4.99 Å². The second kappa shape index (κ2) is 12.3. The van der Waals surface area contributed by atoms with Gasteiger partial charge >= 0.3 is 0 Å². The number of nitrogens with one attached hydrogen (secondary N) is 1. The molecule has 0 atom stereocenters. The summed E-state index contributed by atoms with van der Waals surface area (Å²) in [4.78, 5) is 18.8. The lowest BCUT2D eigenvalue weighted by Gasteiger charge is -2.27. The van der Waals surface area contributed by atoms with E-state index in [0.29, 0.717) is 45.4 Å². The molecule has 2 aliphatic rings. The Bertz CT molecular complexity index is 1540. The molecule has 0 spiro atoms. The lowest BCUT2D eigenvalue weighted by atomic mass is 10.1. The lowest BCUT2D eigenvalue weighted by Crippen LogP contribution is -2.38. The minimum atomic E-state index is -0.491. The van der Waals surface area contributed by atoms with Gasteiger partial charge in [0.2, 0.25) is 0 Å². The van der Waals surface area contributed by atoms with Crippen molar-refractivity contribution < 1.29 is 23.7 Å². The van der Waals surface area contributed by atoms with Gasteiger partial charge in [-0.05, 0) is 48.4 Å². The Morgan fingerprint density at radius 3 is 2.45 bits per heavy atom. The van der Waals surface area contributed by atoms with Crippen LogP contribution in [0.2, 0.25) is 5.02 Å². The molecular weight excluding hydrogens is 550 g/mol. The van der Waals surface area contributed by atoms with Crippen LogP contribution in [-0.2, 0) is 4.79 Å². The zero-order chi connectivity index (χ0) is 28.1. The molecule has 2 heterocycles. The van der Waals surface area contributed by atoms with Crippen molar-refractivity contribution in [1.29, 1.82) is 5.41 Å². The smallest absolute Gasteiger partial charge is 0.283 e. The van der Waals surface area contributed by atoms with Gasteiger partial charge < -0.3 is 18.9 Å². The van der Waals surface area contributed by atoms with Crippen LogP contribution in [0.3, 0.4) is 0 Å². The number of nitrogens with zero attached hydrogens (tertiary/aromatic N) is 2. The number of para-hydroxylation sites is 2. The third-order valence-electron chi connectivity index (χ3n) is 5.98. The zero-order valence-corrected chi connectivity index (χ0v) is 23.4. The zero-order valence-electron chi connectivity index (χ0n) is 21.8. The number of halogens is 1. The summed E-state index contributed by atoms with van der Waals surface area (Å²) in [6, 6.07) is 20.4. The molecule has 204 valence electrons. The Morgan fingerprint density at radius 1 is 0.975 bits per heavy atom. The van der Waals surface area contributed by atoms with E-state index in [1.807, 2.05) is 66.9 Å². The molecule has 3 aromatic rings. The topological polar surface area (TPSA) is 93.4 Å². The maximum Gasteiger partial charge on any atom is 0.283 e. The first kappa shape index (κ1) is 27.4. The number of hydrogen-bond donors (Lipinski definition) is 1. The molecule has 1 amide bonds. The third kappa shape index (κ3) is 5.71. The molecule has 40 heavy (non-hydrogen) atoms. The molecule has 0 aromatic heterocycles. The van der Waals surface area contributed by atoms with Gasteiger partial charge in [-0.25, -0.2) is 0 Å². The number of carbonyl (C=O) groups excluding carboxylic acids is 1. The van der Waals surface area contributed by atoms with Gasteiger partial charge in [-0.15, -0.1) is 0 Å². The fourth-order valence-electron chi connectivity index (χ4n) is 4.19. The first-order chi connectivity index (χ1) is 19.5. The summed E-state index contributed by atoms with van der Waals surface area (Å²) in [5.74, 6) is 1.57. The van der Waals surface area contributed by atoms with Crippen LogP contribution in [0.15, 0.2) is 82.7 Å². The van der Waals surface area contributed by atoms with E-state index < -0.39 is 5.91 Å². The predicted molar refractivity (Wildman–Crippen MR) is 159 cm³/mol. The van der Waals surface area contributed by atoms with Crippen molar-refractivity contribution in [2.75, 3.05) is 26.9 Å². The molecule has 3 aromatic carbocycles. The minimum Gasteiger partial charge on any atom is -0.493 e. The fourth-order valence-corrected chi connectivity index (χ4v) is 5.35. The Kier molecular flexibility index (Phi) is 8.42. The lowest BCUT2D eigenvalue weighted by molar-refractivity contribution is -0.114. The van der Waals surface area contributed by atoms with Crippen LogP contribution >= 0.6 is 23.4 Å². The molecule has 0 radical (unpaired) electrons. The van der Waals surface area contributed by atoms with Gasteiger partial charge in [-0.3, -0.25) is 15.1 Å². The summed E-state index contributed by atoms with van der Waals surface area (Å²) in [6.07, 6.45) is 1.60. The quantitative estimate of drug-likeness (QED) is 0.217. The number of rotatable bonds is 10. The van der Waals surface area contributed by atoms with E-state index in [0.717, 1.165) is 11.3 Å². The van der Waals surface area contributed by atoms with Gasteiger partial charge in [0, 0.05) is 5.41 Å². The highest BCUT2D eigenvalue weighted by molar-refractivity contribution is 8.17. The number of carbonyl (C=O) groups is 1. The first-order valence-corrected chi connectivity index (χ1v) is 13.8. The van der Waals surface area contributed by atoms with Gasteiger partial charge in [0.25, 0.3) is 5.91 Å². The van der Waals surface area contributed by atoms with E-state index in [9.17, 15) is 4.79 Å². The average molecular weight is 576 g/mol. The Balaban J connectivity index is 1.35. The molecule has 5 rings (SSSR count). The number of methoxy groups -OCH3 is 1. The van der Waals surface area contributed by atoms with Crippen molar-refractivity contribution in [3.63, 3.8) is 0 Å². The summed E-state index contributed by atoms with van der Waals surface area (Å²) in [6.45, 7) is 2.70. The number of aliphatic imine (C=N–C) groups is 1. The second-order valence-corrected chi connectivity index (χ2v) is 9.78. The van der Waals surface area contributed by atoms with Crippen molar-refractivity contribution in [1.82, 2.24) is 4.90 Å². The summed E-state index contributed by atoms with van der Waals surface area (Å²) >= 11 is 7.93. The molecule has 0 saturated heterocycles. The molecule has 8 nitrogen and oxygen atoms in total. The molecule has 10 heteroatoms. The molecule has 0 unspecified atom stereocenters. The summed E-state index contributed by atoms with van der Waals surface area (Å²) in [5, 5.41) is 11.5. The van der Waals surface area contributed by atoms with Crippen molar-refractivity contribution in [3.05, 3.63) is 93.9 Å². The minimum absolute atomic E-state index is 0.0398. The molecule has 0 fully saturated rings. The van der Waals surface area contributed by atoms with Gasteiger partial charge in [0.1, 0.15) is 19.0 Å². The number of hydrogen-bond acceptors (Lipinski definition) is 7. The summed E-state index contributed by atoms with van der Waals surface area (Å²) < 4.78 is 22.8. The van der Waals surface area contributed by atoms with Crippen molar-refractivity contribution in [2.45, 2.75) is 6.92 Å². The standard InChI is InChI=1S/C30H26ClN3O5S/c1-3-37-26-17-19(16-22(31)27(26)39-14-13-38-25-12-8-7-11-24(25)36-2)15-21-28(32)34-23(20-9-5-4-6-10-20)18-40-30(34)33-29(21)35/h4-12,15-18,32H,3,13-14H2,1-2H3/b21-15-,32-28?. The van der Waals surface area contributed by atoms with Crippen LogP contribution in [-0.4, -0.2) is 48.7 Å². The van der Waals surface area contributed by atoms with E-state index >= 15 is 0 Å². The first-order valence-electron chi connectivity index (χ1n) is 12.5. The second-order valence-electron chi connectivity index (χ2n) is 8.54. The highest BCUT2D eigenvalue weighted by atomic mass is 35.5. The number of thioether (sulfide) groups is 1. The van der Waals surface area contributed by atoms with Gasteiger partial charge in [-0.1, -0.05) is 65.8 Å². The molecule has 0 aliphatic carbocycles. The van der Waals surface area contributed by atoms with Crippen LogP contribution in [0.4, 0.5) is 0 Å². The molecule has 1 N–H and O–H groups in total.